The van der Waals surface area contributed by atoms with Crippen molar-refractivity contribution in [3.63, 3.8) is 0 Å². The van der Waals surface area contributed by atoms with Gasteiger partial charge >= 0.3 is 0 Å². The average Bonchev–Trinajstić information content (AvgIpc) is 3.00. The summed E-state index contributed by atoms with van der Waals surface area (Å²) in [7, 11) is 0. The molecule has 1 saturated heterocycles. The fourth-order valence-corrected chi connectivity index (χ4v) is 3.57. The van der Waals surface area contributed by atoms with E-state index in [0.29, 0.717) is 25.1 Å². The molecular weight excluding hydrogens is 342 g/mol. The van der Waals surface area contributed by atoms with Gasteiger partial charge in [0.1, 0.15) is 5.75 Å². The summed E-state index contributed by atoms with van der Waals surface area (Å²) >= 11 is 0. The van der Waals surface area contributed by atoms with Crippen molar-refractivity contribution in [3.8, 4) is 5.75 Å². The third-order valence-corrected chi connectivity index (χ3v) is 5.11. The zero-order valence-corrected chi connectivity index (χ0v) is 16.6. The second-order valence-electron chi connectivity index (χ2n) is 7.36. The Kier molecular flexibility index (Phi) is 5.79. The van der Waals surface area contributed by atoms with E-state index in [4.69, 9.17) is 4.74 Å². The number of nitrogens with one attached hydrogen (secondary N) is 2. The molecule has 27 heavy (non-hydrogen) atoms. The van der Waals surface area contributed by atoms with Gasteiger partial charge in [0.2, 0.25) is 0 Å². The summed E-state index contributed by atoms with van der Waals surface area (Å²) in [5.41, 5.74) is 2.00. The summed E-state index contributed by atoms with van der Waals surface area (Å²) in [5, 5.41) is 10.9. The highest BCUT2D eigenvalue weighted by molar-refractivity contribution is 5.85. The molecule has 1 unspecified atom stereocenters. The van der Waals surface area contributed by atoms with Crippen LogP contribution < -0.4 is 15.4 Å². The number of hydrogen-bond donors (Lipinski definition) is 2. The zero-order valence-electron chi connectivity index (χ0n) is 16.6. The molecule has 2 aromatic rings. The number of ether oxygens (including phenoxy) is 1. The van der Waals surface area contributed by atoms with Crippen LogP contribution in [0.1, 0.15) is 42.9 Å². The van der Waals surface area contributed by atoms with Gasteiger partial charge in [0.25, 0.3) is 5.91 Å². The molecule has 146 valence electrons. The number of aromatic nitrogens is 3. The number of aryl methyl sites for hydroxylation is 3. The van der Waals surface area contributed by atoms with Crippen molar-refractivity contribution in [2.45, 2.75) is 52.2 Å². The minimum atomic E-state index is -0.867. The first-order valence-electron chi connectivity index (χ1n) is 9.54. The normalized spacial score (nSPS) is 17.3. The van der Waals surface area contributed by atoms with E-state index < -0.39 is 5.60 Å². The minimum Gasteiger partial charge on any atom is -0.475 e. The Morgan fingerprint density at radius 3 is 2.74 bits per heavy atom. The van der Waals surface area contributed by atoms with Crippen LogP contribution in [0, 0.1) is 20.8 Å². The lowest BCUT2D eigenvalue weighted by atomic mass is 9.90. The highest BCUT2D eigenvalue weighted by Gasteiger charge is 2.42. The standard InChI is InChI=1S/C20H29N5O2/c1-14-12-15(2)25(24-14)16(3)13-23-19(26)20(7-10-21-11-8-20)27-18-6-5-9-22-17(18)4/h5-6,9,12,16,21H,7-8,10-11,13H2,1-4H3,(H,23,26). The molecule has 1 fully saturated rings. The second kappa shape index (κ2) is 8.08. The van der Waals surface area contributed by atoms with E-state index in [1.54, 1.807) is 6.20 Å². The summed E-state index contributed by atoms with van der Waals surface area (Å²) in [5.74, 6) is 0.599. The summed E-state index contributed by atoms with van der Waals surface area (Å²) in [6, 6.07) is 5.82. The van der Waals surface area contributed by atoms with Gasteiger partial charge in [-0.25, -0.2) is 0 Å². The van der Waals surface area contributed by atoms with E-state index in [9.17, 15) is 4.79 Å². The molecule has 3 rings (SSSR count). The maximum Gasteiger partial charge on any atom is 0.264 e. The van der Waals surface area contributed by atoms with Crippen LogP contribution in [0.5, 0.6) is 5.75 Å². The van der Waals surface area contributed by atoms with E-state index in [-0.39, 0.29) is 11.9 Å². The van der Waals surface area contributed by atoms with Crippen molar-refractivity contribution in [1.29, 1.82) is 0 Å². The van der Waals surface area contributed by atoms with Crippen LogP contribution in [0.25, 0.3) is 0 Å². The minimum absolute atomic E-state index is 0.0689. The van der Waals surface area contributed by atoms with Gasteiger partial charge in [-0.15, -0.1) is 0 Å². The van der Waals surface area contributed by atoms with Crippen molar-refractivity contribution in [3.05, 3.63) is 41.5 Å². The molecule has 1 aliphatic heterocycles. The molecule has 0 aliphatic carbocycles. The van der Waals surface area contributed by atoms with Crippen molar-refractivity contribution >= 4 is 5.91 Å². The first kappa shape index (κ1) is 19.4. The van der Waals surface area contributed by atoms with Gasteiger partial charge in [-0.1, -0.05) is 0 Å². The fourth-order valence-electron chi connectivity index (χ4n) is 3.57. The van der Waals surface area contributed by atoms with Gasteiger partial charge in [0.05, 0.1) is 17.4 Å². The predicted octanol–water partition coefficient (Wildman–Crippen LogP) is 2.08. The molecule has 2 aromatic heterocycles. The summed E-state index contributed by atoms with van der Waals surface area (Å²) in [6.45, 7) is 9.96. The Balaban J connectivity index is 1.72. The summed E-state index contributed by atoms with van der Waals surface area (Å²) in [6.07, 6.45) is 2.98. The number of nitrogens with zero attached hydrogens (tertiary/aromatic N) is 3. The molecule has 1 aliphatic rings. The van der Waals surface area contributed by atoms with Crippen molar-refractivity contribution in [1.82, 2.24) is 25.4 Å². The largest absolute Gasteiger partial charge is 0.475 e. The predicted molar refractivity (Wildman–Crippen MR) is 104 cm³/mol. The molecule has 0 spiro atoms. The monoisotopic (exact) mass is 371 g/mol. The Bertz CT molecular complexity index is 795. The van der Waals surface area contributed by atoms with E-state index in [0.717, 1.165) is 30.2 Å². The maximum atomic E-state index is 13.1. The Morgan fingerprint density at radius 2 is 2.11 bits per heavy atom. The molecule has 0 radical (unpaired) electrons. The van der Waals surface area contributed by atoms with Crippen molar-refractivity contribution in [2.24, 2.45) is 0 Å². The highest BCUT2D eigenvalue weighted by atomic mass is 16.5. The molecule has 0 aromatic carbocycles. The number of hydrogen-bond acceptors (Lipinski definition) is 5. The van der Waals surface area contributed by atoms with Gasteiger partial charge in [-0.2, -0.15) is 5.10 Å². The van der Waals surface area contributed by atoms with Gasteiger partial charge in [-0.3, -0.25) is 14.5 Å². The van der Waals surface area contributed by atoms with Gasteiger partial charge in [-0.05, 0) is 59.0 Å². The van der Waals surface area contributed by atoms with Crippen molar-refractivity contribution in [2.75, 3.05) is 19.6 Å². The lowest BCUT2D eigenvalue weighted by molar-refractivity contribution is -0.139. The van der Waals surface area contributed by atoms with E-state index >= 15 is 0 Å². The summed E-state index contributed by atoms with van der Waals surface area (Å²) < 4.78 is 8.22. The lowest BCUT2D eigenvalue weighted by Gasteiger charge is -2.37. The van der Waals surface area contributed by atoms with E-state index in [2.05, 4.69) is 27.6 Å². The van der Waals surface area contributed by atoms with Gasteiger partial charge in [0.15, 0.2) is 5.60 Å². The van der Waals surface area contributed by atoms with Crippen LogP contribution in [0.3, 0.4) is 0 Å². The third kappa shape index (κ3) is 4.30. The van der Waals surface area contributed by atoms with Gasteiger partial charge in [0, 0.05) is 31.3 Å². The molecule has 7 nitrogen and oxygen atoms in total. The average molecular weight is 371 g/mol. The van der Waals surface area contributed by atoms with Crippen LogP contribution in [-0.2, 0) is 4.79 Å². The lowest BCUT2D eigenvalue weighted by Crippen LogP contribution is -2.57. The van der Waals surface area contributed by atoms with Gasteiger partial charge < -0.3 is 15.4 Å². The Morgan fingerprint density at radius 1 is 1.37 bits per heavy atom. The number of rotatable bonds is 6. The third-order valence-electron chi connectivity index (χ3n) is 5.11. The molecule has 2 N–H and O–H groups in total. The Hall–Kier alpha value is -2.41. The molecule has 3 heterocycles. The van der Waals surface area contributed by atoms with Crippen LogP contribution in [0.15, 0.2) is 24.4 Å². The maximum absolute atomic E-state index is 13.1. The SMILES string of the molecule is Cc1cc(C)n(C(C)CNC(=O)C2(Oc3cccnc3C)CCNCC2)n1. The second-order valence-corrected chi connectivity index (χ2v) is 7.36. The number of carbonyl (C=O) groups excluding carboxylic acids is 1. The number of carbonyl (C=O) groups is 1. The number of pyridine rings is 1. The highest BCUT2D eigenvalue weighted by Crippen LogP contribution is 2.28. The molecule has 1 amide bonds. The Labute approximate surface area is 160 Å². The van der Waals surface area contributed by atoms with E-state index in [1.807, 2.05) is 43.7 Å². The smallest absolute Gasteiger partial charge is 0.264 e. The van der Waals surface area contributed by atoms with Crippen LogP contribution in [-0.4, -0.2) is 45.9 Å². The molecule has 7 heteroatoms. The molecular formula is C20H29N5O2. The first-order valence-corrected chi connectivity index (χ1v) is 9.54. The van der Waals surface area contributed by atoms with Crippen LogP contribution in [0.4, 0.5) is 0 Å². The molecule has 1 atom stereocenters. The summed E-state index contributed by atoms with van der Waals surface area (Å²) in [4.78, 5) is 17.4. The number of amides is 1. The number of piperidine rings is 1. The molecule has 0 bridgehead atoms. The van der Waals surface area contributed by atoms with Crippen molar-refractivity contribution < 1.29 is 9.53 Å². The zero-order chi connectivity index (χ0) is 19.4. The molecule has 0 saturated carbocycles. The van der Waals surface area contributed by atoms with Crippen LogP contribution >= 0.6 is 0 Å². The quantitative estimate of drug-likeness (QED) is 0.813. The first-order chi connectivity index (χ1) is 12.9. The van der Waals surface area contributed by atoms with Crippen LogP contribution in [0.2, 0.25) is 0 Å². The topological polar surface area (TPSA) is 81.1 Å². The fraction of sp³-hybridized carbons (Fsp3) is 0.550. The van der Waals surface area contributed by atoms with E-state index in [1.165, 1.54) is 0 Å².